The number of aromatic amines is 2. The number of nitrogens with zero attached hydrogens (tertiary/aromatic N) is 2. The number of H-pyrrole nitrogens is 2. The number of aromatic nitrogens is 4. The van der Waals surface area contributed by atoms with Crippen LogP contribution >= 0.6 is 0 Å². The molecule has 6 rings (SSSR count). The van der Waals surface area contributed by atoms with E-state index in [4.69, 9.17) is 9.47 Å². The van der Waals surface area contributed by atoms with Gasteiger partial charge >= 0.3 is 6.18 Å². The fourth-order valence-electron chi connectivity index (χ4n) is 5.16. The first-order valence-electron chi connectivity index (χ1n) is 13.1. The smallest absolute Gasteiger partial charge is 0.424 e. The predicted molar refractivity (Wildman–Crippen MR) is 147 cm³/mol. The highest BCUT2D eigenvalue weighted by Crippen LogP contribution is 2.49. The average molecular weight is 596 g/mol. The van der Waals surface area contributed by atoms with E-state index in [0.717, 1.165) is 18.2 Å². The van der Waals surface area contributed by atoms with Gasteiger partial charge in [-0.05, 0) is 55.5 Å². The van der Waals surface area contributed by atoms with Gasteiger partial charge in [-0.3, -0.25) is 9.78 Å². The third-order valence-electron chi connectivity index (χ3n) is 7.76. The summed E-state index contributed by atoms with van der Waals surface area (Å²) in [5.41, 5.74) is -3.56. The zero-order valence-corrected chi connectivity index (χ0v) is 22.8. The van der Waals surface area contributed by atoms with Crippen molar-refractivity contribution in [1.29, 1.82) is 0 Å². The van der Waals surface area contributed by atoms with Gasteiger partial charge in [0.1, 0.15) is 35.1 Å². The Morgan fingerprint density at radius 1 is 1.19 bits per heavy atom. The first-order chi connectivity index (χ1) is 20.4. The van der Waals surface area contributed by atoms with Gasteiger partial charge in [0, 0.05) is 34.5 Å². The number of benzene rings is 2. The van der Waals surface area contributed by atoms with Crippen molar-refractivity contribution in [3.05, 3.63) is 95.3 Å². The monoisotopic (exact) mass is 595 g/mol. The van der Waals surface area contributed by atoms with Crippen molar-refractivity contribution in [2.45, 2.75) is 24.1 Å². The van der Waals surface area contributed by atoms with Gasteiger partial charge < -0.3 is 30.1 Å². The zero-order chi connectivity index (χ0) is 30.6. The molecule has 1 amide bonds. The van der Waals surface area contributed by atoms with E-state index in [0.29, 0.717) is 22.2 Å². The minimum atomic E-state index is -5.27. The van der Waals surface area contributed by atoms with Gasteiger partial charge in [0.05, 0.1) is 30.5 Å². The number of alkyl halides is 3. The first kappa shape index (κ1) is 28.2. The Hall–Kier alpha value is -4.91. The van der Waals surface area contributed by atoms with Crippen LogP contribution in [0.2, 0.25) is 0 Å². The maximum atomic E-state index is 14.8. The van der Waals surface area contributed by atoms with Crippen molar-refractivity contribution in [3.8, 4) is 22.8 Å². The fourth-order valence-corrected chi connectivity index (χ4v) is 5.16. The molecule has 1 aliphatic heterocycles. The molecule has 13 heteroatoms. The quantitative estimate of drug-likeness (QED) is 0.197. The minimum Gasteiger partial charge on any atom is -0.494 e. The lowest BCUT2D eigenvalue weighted by Gasteiger charge is -2.32. The number of hydrogen-bond acceptors (Lipinski definition) is 6. The van der Waals surface area contributed by atoms with Crippen LogP contribution in [0.1, 0.15) is 34.2 Å². The molecule has 0 saturated heterocycles. The van der Waals surface area contributed by atoms with E-state index in [1.807, 2.05) is 0 Å². The highest BCUT2D eigenvalue weighted by Gasteiger charge is 2.57. The summed E-state index contributed by atoms with van der Waals surface area (Å²) in [5.74, 6) is -0.966. The number of rotatable bonds is 7. The fraction of sp³-hybridized carbons (Fsp3) is 0.233. The molecule has 9 nitrogen and oxygen atoms in total. The van der Waals surface area contributed by atoms with Crippen molar-refractivity contribution in [1.82, 2.24) is 25.5 Å². The predicted octanol–water partition coefficient (Wildman–Crippen LogP) is 4.98. The van der Waals surface area contributed by atoms with Crippen molar-refractivity contribution in [2.75, 3.05) is 20.3 Å². The number of methoxy groups -OCH3 is 1. The number of nitrogens with one attached hydrogen (secondary N) is 3. The molecule has 222 valence electrons. The molecule has 2 aromatic carbocycles. The third-order valence-corrected chi connectivity index (χ3v) is 7.76. The van der Waals surface area contributed by atoms with E-state index in [1.54, 1.807) is 31.5 Å². The van der Waals surface area contributed by atoms with Crippen LogP contribution in [0.5, 0.6) is 11.5 Å². The Morgan fingerprint density at radius 3 is 2.58 bits per heavy atom. The van der Waals surface area contributed by atoms with Gasteiger partial charge in [-0.15, -0.1) is 0 Å². The first-order valence-corrected chi connectivity index (χ1v) is 13.1. The van der Waals surface area contributed by atoms with Crippen LogP contribution in [0.3, 0.4) is 0 Å². The highest BCUT2D eigenvalue weighted by atomic mass is 19.4. The SMILES string of the molecule is COc1cc(C(=O)NCC(O)(c2cc3c(c(-c4ccc(F)cc4)n2)OC[C@]3(C)c2c[nH][nH]2)C(F)(F)F)cc2cccnc12. The van der Waals surface area contributed by atoms with E-state index in [1.165, 1.54) is 31.4 Å². The molecule has 5 aromatic rings. The molecule has 1 aliphatic rings. The van der Waals surface area contributed by atoms with E-state index >= 15 is 0 Å². The van der Waals surface area contributed by atoms with Crippen LogP contribution < -0.4 is 14.8 Å². The lowest BCUT2D eigenvalue weighted by Crippen LogP contribution is -2.51. The average Bonchev–Trinajstić information content (AvgIpc) is 3.29. The van der Waals surface area contributed by atoms with Crippen LogP contribution in [0.25, 0.3) is 22.2 Å². The summed E-state index contributed by atoms with van der Waals surface area (Å²) >= 11 is 0. The number of fused-ring (bicyclic) bond motifs is 2. The maximum absolute atomic E-state index is 14.8. The number of carbonyl (C=O) groups excluding carboxylic acids is 1. The van der Waals surface area contributed by atoms with Crippen molar-refractivity contribution in [2.24, 2.45) is 0 Å². The molecule has 0 spiro atoms. The molecule has 0 fully saturated rings. The molecule has 0 saturated carbocycles. The molecule has 0 radical (unpaired) electrons. The normalized spacial score (nSPS) is 17.7. The van der Waals surface area contributed by atoms with Crippen molar-refractivity contribution in [3.63, 3.8) is 0 Å². The van der Waals surface area contributed by atoms with E-state index < -0.39 is 41.2 Å². The molecule has 4 N–H and O–H groups in total. The minimum absolute atomic E-state index is 0.00672. The van der Waals surface area contributed by atoms with Gasteiger partial charge in [-0.1, -0.05) is 6.07 Å². The lowest BCUT2D eigenvalue weighted by molar-refractivity contribution is -0.265. The largest absolute Gasteiger partial charge is 0.494 e. The molecular formula is C30H25F4N5O4. The lowest BCUT2D eigenvalue weighted by atomic mass is 9.79. The Balaban J connectivity index is 1.43. The molecule has 3 aromatic heterocycles. The summed E-state index contributed by atoms with van der Waals surface area (Å²) in [6.45, 7) is 0.590. The molecule has 0 bridgehead atoms. The summed E-state index contributed by atoms with van der Waals surface area (Å²) < 4.78 is 69.2. The highest BCUT2D eigenvalue weighted by molar-refractivity contribution is 5.99. The van der Waals surface area contributed by atoms with Gasteiger partial charge in [0.2, 0.25) is 5.60 Å². The van der Waals surface area contributed by atoms with Crippen LogP contribution in [0.4, 0.5) is 17.6 Å². The summed E-state index contributed by atoms with van der Waals surface area (Å²) in [5, 5.41) is 19.8. The van der Waals surface area contributed by atoms with Crippen molar-refractivity contribution >= 4 is 16.8 Å². The second kappa shape index (κ2) is 10.1. The van der Waals surface area contributed by atoms with E-state index in [9.17, 15) is 27.5 Å². The van der Waals surface area contributed by atoms with Crippen LogP contribution in [-0.4, -0.2) is 57.6 Å². The second-order valence-electron chi connectivity index (χ2n) is 10.5. The standard InChI is InChI=1S/C30H25F4N5O4/c1-28(23-13-37-39-23)15-43-26-20(28)12-22(38-25(26)16-5-7-19(31)8-6-16)29(41,30(32,33)34)14-36-27(40)18-10-17-4-3-9-35-24(17)21(11-18)42-2/h3-13,37,39,41H,14-15H2,1-2H3,(H,36,40)/t28-,29?/m0/s1. The second-order valence-corrected chi connectivity index (χ2v) is 10.5. The van der Waals surface area contributed by atoms with Gasteiger partial charge in [0.15, 0.2) is 0 Å². The summed E-state index contributed by atoms with van der Waals surface area (Å²) in [6.07, 6.45) is -2.07. The van der Waals surface area contributed by atoms with Gasteiger partial charge in [-0.2, -0.15) is 13.2 Å². The topological polar surface area (TPSA) is 125 Å². The zero-order valence-electron chi connectivity index (χ0n) is 22.8. The van der Waals surface area contributed by atoms with Gasteiger partial charge in [-0.25, -0.2) is 9.37 Å². The van der Waals surface area contributed by atoms with Crippen LogP contribution in [0, 0.1) is 5.82 Å². The Bertz CT molecular complexity index is 1830. The van der Waals surface area contributed by atoms with Crippen molar-refractivity contribution < 1.29 is 36.9 Å². The Labute approximate surface area is 241 Å². The third kappa shape index (κ3) is 4.65. The summed E-state index contributed by atoms with van der Waals surface area (Å²) in [7, 11) is 1.38. The number of halogens is 4. The summed E-state index contributed by atoms with van der Waals surface area (Å²) in [6, 6.07) is 12.3. The van der Waals surface area contributed by atoms with E-state index in [-0.39, 0.29) is 34.9 Å². The number of ether oxygens (including phenoxy) is 2. The van der Waals surface area contributed by atoms with Gasteiger partial charge in [0.25, 0.3) is 5.91 Å². The maximum Gasteiger partial charge on any atom is 0.424 e. The molecule has 4 heterocycles. The Morgan fingerprint density at radius 2 is 1.93 bits per heavy atom. The molecule has 1 unspecified atom stereocenters. The number of aliphatic hydroxyl groups is 1. The number of amides is 1. The van der Waals surface area contributed by atoms with Crippen LogP contribution in [0.15, 0.2) is 67.0 Å². The molecular weight excluding hydrogens is 570 g/mol. The molecule has 0 aliphatic carbocycles. The van der Waals surface area contributed by atoms with E-state index in [2.05, 4.69) is 25.5 Å². The van der Waals surface area contributed by atoms with Crippen LogP contribution in [-0.2, 0) is 11.0 Å². The number of carbonyl (C=O) groups is 1. The molecule has 2 atom stereocenters. The summed E-state index contributed by atoms with van der Waals surface area (Å²) in [4.78, 5) is 21.6. The number of pyridine rings is 2. The number of hydrogen-bond donors (Lipinski definition) is 4. The Kier molecular flexibility index (Phi) is 6.64. The molecule has 43 heavy (non-hydrogen) atoms.